The molecule has 4 rings (SSSR count). The Kier molecular flexibility index (Phi) is 7.96. The van der Waals surface area contributed by atoms with Gasteiger partial charge in [0.2, 0.25) is 5.95 Å². The third-order valence-electron chi connectivity index (χ3n) is 5.07. The minimum absolute atomic E-state index is 0.0653. The predicted molar refractivity (Wildman–Crippen MR) is 140 cm³/mol. The summed E-state index contributed by atoms with van der Waals surface area (Å²) in [7, 11) is 0. The van der Waals surface area contributed by atoms with Crippen LogP contribution >= 0.6 is 11.6 Å². The van der Waals surface area contributed by atoms with Crippen LogP contribution in [0.4, 0.5) is 5.95 Å². The summed E-state index contributed by atoms with van der Waals surface area (Å²) in [6.45, 7) is 2.65. The van der Waals surface area contributed by atoms with Gasteiger partial charge in [0.1, 0.15) is 18.2 Å². The van der Waals surface area contributed by atoms with E-state index in [0.29, 0.717) is 35.3 Å². The number of halogens is 1. The molecule has 0 aliphatic carbocycles. The molecule has 180 valence electrons. The Balaban J connectivity index is 1.51. The zero-order valence-electron chi connectivity index (χ0n) is 19.4. The number of hydrogen-bond donors (Lipinski definition) is 2. The number of nitriles is 1. The summed E-state index contributed by atoms with van der Waals surface area (Å²) in [4.78, 5) is 19.3. The molecule has 0 bridgehead atoms. The second kappa shape index (κ2) is 11.7. The quantitative estimate of drug-likeness (QED) is 0.236. The van der Waals surface area contributed by atoms with E-state index in [2.05, 4.69) is 20.5 Å². The molecule has 0 fully saturated rings. The summed E-state index contributed by atoms with van der Waals surface area (Å²) in [5, 5.41) is 14.2. The summed E-state index contributed by atoms with van der Waals surface area (Å²) in [6.07, 6.45) is 1.56. The van der Waals surface area contributed by atoms with Gasteiger partial charge in [0.05, 0.1) is 18.5 Å². The van der Waals surface area contributed by atoms with Gasteiger partial charge >= 0.3 is 0 Å². The summed E-state index contributed by atoms with van der Waals surface area (Å²) < 4.78 is 11.7. The van der Waals surface area contributed by atoms with Crippen molar-refractivity contribution in [2.75, 3.05) is 12.0 Å². The van der Waals surface area contributed by atoms with E-state index in [1.54, 1.807) is 30.5 Å². The molecule has 1 heterocycles. The molecule has 0 saturated carbocycles. The van der Waals surface area contributed by atoms with Crippen LogP contribution in [0.3, 0.4) is 0 Å². The first-order chi connectivity index (χ1) is 17.6. The van der Waals surface area contributed by atoms with E-state index in [1.165, 1.54) is 0 Å². The molecular formula is C27H22ClN5O3. The number of anilines is 1. The van der Waals surface area contributed by atoms with Crippen molar-refractivity contribution in [3.63, 3.8) is 0 Å². The summed E-state index contributed by atoms with van der Waals surface area (Å²) in [5.74, 6) is 1.25. The number of nitrogens with zero attached hydrogens (tertiary/aromatic N) is 3. The number of hydrazone groups is 1. The fraction of sp³-hybridized carbons (Fsp3) is 0.111. The van der Waals surface area contributed by atoms with Crippen molar-refractivity contribution in [3.8, 4) is 28.8 Å². The maximum atomic E-state index is 12.4. The van der Waals surface area contributed by atoms with Crippen molar-refractivity contribution in [3.05, 3.63) is 105 Å². The average Bonchev–Trinajstić information content (AvgIpc) is 2.89. The Labute approximate surface area is 212 Å². The Hall–Kier alpha value is -4.61. The van der Waals surface area contributed by atoms with Gasteiger partial charge in [-0.1, -0.05) is 60.1 Å². The zero-order valence-corrected chi connectivity index (χ0v) is 20.1. The Morgan fingerprint density at radius 3 is 2.61 bits per heavy atom. The maximum absolute atomic E-state index is 12.4. The highest BCUT2D eigenvalue weighted by molar-refractivity contribution is 6.31. The molecule has 36 heavy (non-hydrogen) atoms. The standard InChI is InChI=1S/C27H22ClN5O3/c1-2-35-24-14-18(12-13-23(24)36-17-20-10-6-7-11-22(20)28)16-30-33-27-31-25(19-8-4-3-5-9-19)21(15-29)26(34)32-27/h3-14,16H,2,17H2,1H3,(H2,31,32,33,34). The first-order valence-corrected chi connectivity index (χ1v) is 11.5. The van der Waals surface area contributed by atoms with Crippen molar-refractivity contribution in [2.45, 2.75) is 13.5 Å². The highest BCUT2D eigenvalue weighted by atomic mass is 35.5. The van der Waals surface area contributed by atoms with E-state index in [9.17, 15) is 10.1 Å². The molecule has 0 radical (unpaired) electrons. The first kappa shape index (κ1) is 24.5. The number of nitrogens with one attached hydrogen (secondary N) is 2. The molecule has 0 saturated heterocycles. The molecule has 3 aromatic carbocycles. The van der Waals surface area contributed by atoms with Crippen LogP contribution in [0.2, 0.25) is 5.02 Å². The van der Waals surface area contributed by atoms with Gasteiger partial charge in [-0.15, -0.1) is 0 Å². The minimum Gasteiger partial charge on any atom is -0.490 e. The first-order valence-electron chi connectivity index (χ1n) is 11.1. The lowest BCUT2D eigenvalue weighted by Gasteiger charge is -2.13. The second-order valence-electron chi connectivity index (χ2n) is 7.51. The van der Waals surface area contributed by atoms with Gasteiger partial charge in [-0.3, -0.25) is 9.78 Å². The SMILES string of the molecule is CCOc1cc(C=NNc2nc(-c3ccccc3)c(C#N)c(=O)[nH]2)ccc1OCc1ccccc1Cl. The molecule has 0 spiro atoms. The number of aromatic nitrogens is 2. The molecule has 4 aromatic rings. The summed E-state index contributed by atoms with van der Waals surface area (Å²) >= 11 is 6.22. The molecule has 2 N–H and O–H groups in total. The molecule has 1 aromatic heterocycles. The number of ether oxygens (including phenoxy) is 2. The van der Waals surface area contributed by atoms with E-state index in [0.717, 1.165) is 11.1 Å². The largest absolute Gasteiger partial charge is 0.490 e. The van der Waals surface area contributed by atoms with Gasteiger partial charge < -0.3 is 9.47 Å². The summed E-state index contributed by atoms with van der Waals surface area (Å²) in [6, 6.07) is 23.8. The van der Waals surface area contributed by atoms with Crippen molar-refractivity contribution in [2.24, 2.45) is 5.10 Å². The van der Waals surface area contributed by atoms with Gasteiger partial charge in [0.15, 0.2) is 11.5 Å². The highest BCUT2D eigenvalue weighted by Gasteiger charge is 2.13. The number of rotatable bonds is 9. The molecule has 9 heteroatoms. The van der Waals surface area contributed by atoms with Crippen LogP contribution in [-0.4, -0.2) is 22.8 Å². The Bertz CT molecular complexity index is 1480. The van der Waals surface area contributed by atoms with E-state index in [4.69, 9.17) is 21.1 Å². The molecule has 0 aliphatic rings. The lowest BCUT2D eigenvalue weighted by molar-refractivity contribution is 0.269. The number of benzene rings is 3. The third-order valence-corrected chi connectivity index (χ3v) is 5.44. The molecule has 0 aliphatic heterocycles. The van der Waals surface area contributed by atoms with Gasteiger partial charge in [0.25, 0.3) is 5.56 Å². The van der Waals surface area contributed by atoms with Gasteiger partial charge in [-0.25, -0.2) is 10.4 Å². The van der Waals surface area contributed by atoms with Crippen molar-refractivity contribution >= 4 is 23.8 Å². The van der Waals surface area contributed by atoms with Crippen LogP contribution in [0, 0.1) is 11.3 Å². The smallest absolute Gasteiger partial charge is 0.270 e. The fourth-order valence-electron chi connectivity index (χ4n) is 3.37. The van der Waals surface area contributed by atoms with Crippen molar-refractivity contribution in [1.29, 1.82) is 5.26 Å². The average molecular weight is 500 g/mol. The van der Waals surface area contributed by atoms with Crippen LogP contribution < -0.4 is 20.5 Å². The van der Waals surface area contributed by atoms with E-state index < -0.39 is 5.56 Å². The Morgan fingerprint density at radius 2 is 1.86 bits per heavy atom. The van der Waals surface area contributed by atoms with Gasteiger partial charge in [-0.05, 0) is 36.8 Å². The van der Waals surface area contributed by atoms with Crippen LogP contribution in [0.15, 0.2) is 82.7 Å². The van der Waals surface area contributed by atoms with E-state index in [-0.39, 0.29) is 17.2 Å². The van der Waals surface area contributed by atoms with Gasteiger partial charge in [-0.2, -0.15) is 10.4 Å². The second-order valence-corrected chi connectivity index (χ2v) is 7.91. The normalized spacial score (nSPS) is 10.7. The summed E-state index contributed by atoms with van der Waals surface area (Å²) in [5.41, 5.74) is 4.63. The van der Waals surface area contributed by atoms with Crippen LogP contribution in [0.25, 0.3) is 11.3 Å². The monoisotopic (exact) mass is 499 g/mol. The highest BCUT2D eigenvalue weighted by Crippen LogP contribution is 2.29. The third kappa shape index (κ3) is 5.90. The molecular weight excluding hydrogens is 478 g/mol. The molecule has 0 unspecified atom stereocenters. The maximum Gasteiger partial charge on any atom is 0.270 e. The molecule has 8 nitrogen and oxygen atoms in total. The van der Waals surface area contributed by atoms with Gasteiger partial charge in [0, 0.05) is 16.1 Å². The van der Waals surface area contributed by atoms with Crippen molar-refractivity contribution in [1.82, 2.24) is 9.97 Å². The zero-order chi connectivity index (χ0) is 25.3. The van der Waals surface area contributed by atoms with Crippen LogP contribution in [0.1, 0.15) is 23.6 Å². The number of aromatic amines is 1. The number of H-pyrrole nitrogens is 1. The Morgan fingerprint density at radius 1 is 1.08 bits per heavy atom. The predicted octanol–water partition coefficient (Wildman–Crippen LogP) is 5.39. The lowest BCUT2D eigenvalue weighted by atomic mass is 10.1. The van der Waals surface area contributed by atoms with E-state index in [1.807, 2.05) is 61.5 Å². The number of hydrogen-bond acceptors (Lipinski definition) is 7. The van der Waals surface area contributed by atoms with E-state index >= 15 is 0 Å². The minimum atomic E-state index is -0.553. The van der Waals surface area contributed by atoms with Crippen LogP contribution in [0.5, 0.6) is 11.5 Å². The molecule has 0 atom stereocenters. The lowest BCUT2D eigenvalue weighted by Crippen LogP contribution is -2.16. The molecule has 0 amide bonds. The fourth-order valence-corrected chi connectivity index (χ4v) is 3.56. The topological polar surface area (TPSA) is 112 Å². The van der Waals surface area contributed by atoms with Crippen LogP contribution in [-0.2, 0) is 6.61 Å². The van der Waals surface area contributed by atoms with Crippen molar-refractivity contribution < 1.29 is 9.47 Å².